The first kappa shape index (κ1) is 15.2. The summed E-state index contributed by atoms with van der Waals surface area (Å²) in [7, 11) is 0. The zero-order valence-electron chi connectivity index (χ0n) is 11.2. The van der Waals surface area contributed by atoms with Gasteiger partial charge in [0.2, 0.25) is 5.91 Å². The number of amides is 1. The molecule has 2 rings (SSSR count). The molecule has 1 N–H and O–H groups in total. The first-order valence-electron chi connectivity index (χ1n) is 6.89. The van der Waals surface area contributed by atoms with Crippen LogP contribution in [0.4, 0.5) is 8.78 Å². The van der Waals surface area contributed by atoms with Gasteiger partial charge in [-0.05, 0) is 36.5 Å². The van der Waals surface area contributed by atoms with Crippen molar-refractivity contribution in [3.8, 4) is 0 Å². The molecular formula is C15H18ClF2NO. The molecule has 0 bridgehead atoms. The van der Waals surface area contributed by atoms with Crippen molar-refractivity contribution < 1.29 is 13.6 Å². The van der Waals surface area contributed by atoms with Crippen LogP contribution in [0, 0.1) is 17.6 Å². The number of hydrogen-bond donors (Lipinski definition) is 1. The lowest BCUT2D eigenvalue weighted by atomic mass is 9.85. The lowest BCUT2D eigenvalue weighted by Gasteiger charge is -2.30. The van der Waals surface area contributed by atoms with Crippen molar-refractivity contribution in [2.45, 2.75) is 38.1 Å². The van der Waals surface area contributed by atoms with E-state index in [1.165, 1.54) is 6.07 Å². The van der Waals surface area contributed by atoms with Crippen LogP contribution in [0.3, 0.4) is 0 Å². The van der Waals surface area contributed by atoms with E-state index in [9.17, 15) is 13.6 Å². The maximum absolute atomic E-state index is 13.1. The van der Waals surface area contributed by atoms with Crippen molar-refractivity contribution in [2.75, 3.05) is 5.88 Å². The predicted octanol–water partition coefficient (Wildman–Crippen LogP) is 3.42. The van der Waals surface area contributed by atoms with Gasteiger partial charge in [0.25, 0.3) is 0 Å². The molecule has 0 spiro atoms. The molecule has 5 heteroatoms. The molecular weight excluding hydrogens is 284 g/mol. The molecule has 2 atom stereocenters. The van der Waals surface area contributed by atoms with Gasteiger partial charge in [0.05, 0.1) is 6.42 Å². The number of carbonyl (C=O) groups is 1. The molecule has 1 amide bonds. The summed E-state index contributed by atoms with van der Waals surface area (Å²) in [6.07, 6.45) is 4.25. The number of alkyl halides is 1. The topological polar surface area (TPSA) is 29.1 Å². The Hall–Kier alpha value is -1.16. The van der Waals surface area contributed by atoms with Crippen molar-refractivity contribution in [3.05, 3.63) is 35.4 Å². The van der Waals surface area contributed by atoms with Crippen LogP contribution < -0.4 is 5.32 Å². The number of hydrogen-bond acceptors (Lipinski definition) is 1. The van der Waals surface area contributed by atoms with Crippen molar-refractivity contribution >= 4 is 17.5 Å². The molecule has 110 valence electrons. The third-order valence-corrected chi connectivity index (χ3v) is 4.20. The Labute approximate surface area is 122 Å². The van der Waals surface area contributed by atoms with E-state index in [4.69, 9.17) is 11.6 Å². The minimum absolute atomic E-state index is 0.0582. The SMILES string of the molecule is O=C(Cc1ccc(F)c(F)c1)NC1CCCCC1CCl. The van der Waals surface area contributed by atoms with E-state index >= 15 is 0 Å². The highest BCUT2D eigenvalue weighted by Crippen LogP contribution is 2.25. The summed E-state index contributed by atoms with van der Waals surface area (Å²) in [5.41, 5.74) is 0.472. The highest BCUT2D eigenvalue weighted by Gasteiger charge is 2.25. The van der Waals surface area contributed by atoms with E-state index in [0.29, 0.717) is 17.4 Å². The summed E-state index contributed by atoms with van der Waals surface area (Å²) in [6, 6.07) is 3.63. The molecule has 0 aromatic heterocycles. The summed E-state index contributed by atoms with van der Waals surface area (Å²) in [5, 5.41) is 2.96. The van der Waals surface area contributed by atoms with Crippen LogP contribution in [-0.2, 0) is 11.2 Å². The van der Waals surface area contributed by atoms with Gasteiger partial charge >= 0.3 is 0 Å². The second-order valence-corrected chi connectivity index (χ2v) is 5.61. The minimum Gasteiger partial charge on any atom is -0.353 e. The average Bonchev–Trinajstić information content (AvgIpc) is 2.43. The van der Waals surface area contributed by atoms with Gasteiger partial charge in [-0.3, -0.25) is 4.79 Å². The van der Waals surface area contributed by atoms with Crippen LogP contribution in [0.2, 0.25) is 0 Å². The fourth-order valence-electron chi connectivity index (χ4n) is 2.68. The Morgan fingerprint density at radius 2 is 2.00 bits per heavy atom. The van der Waals surface area contributed by atoms with Crippen LogP contribution in [0.1, 0.15) is 31.2 Å². The zero-order chi connectivity index (χ0) is 14.5. The first-order chi connectivity index (χ1) is 9.60. The second kappa shape index (κ2) is 7.02. The van der Waals surface area contributed by atoms with Crippen LogP contribution in [-0.4, -0.2) is 17.8 Å². The number of halogens is 3. The Bertz CT molecular complexity index is 481. The summed E-state index contributed by atoms with van der Waals surface area (Å²) in [5.74, 6) is -1.15. The number of benzene rings is 1. The average molecular weight is 302 g/mol. The van der Waals surface area contributed by atoms with Crippen LogP contribution in [0.5, 0.6) is 0 Å². The third-order valence-electron chi connectivity index (χ3n) is 3.80. The van der Waals surface area contributed by atoms with Gasteiger partial charge in [-0.1, -0.05) is 18.9 Å². The van der Waals surface area contributed by atoms with Gasteiger partial charge in [-0.25, -0.2) is 8.78 Å². The van der Waals surface area contributed by atoms with Crippen LogP contribution >= 0.6 is 11.6 Å². The maximum atomic E-state index is 13.1. The Morgan fingerprint density at radius 1 is 1.25 bits per heavy atom. The highest BCUT2D eigenvalue weighted by atomic mass is 35.5. The molecule has 1 fully saturated rings. The standard InChI is InChI=1S/C15H18ClF2NO/c16-9-11-3-1-2-4-14(11)19-15(20)8-10-5-6-12(17)13(18)7-10/h5-7,11,14H,1-4,8-9H2,(H,19,20). The number of carbonyl (C=O) groups excluding carboxylic acids is 1. The highest BCUT2D eigenvalue weighted by molar-refractivity contribution is 6.18. The van der Waals surface area contributed by atoms with E-state index in [2.05, 4.69) is 5.32 Å². The van der Waals surface area contributed by atoms with Gasteiger partial charge in [-0.2, -0.15) is 0 Å². The van der Waals surface area contributed by atoms with E-state index in [-0.39, 0.29) is 18.4 Å². The Kier molecular flexibility index (Phi) is 5.35. The molecule has 2 unspecified atom stereocenters. The molecule has 0 saturated heterocycles. The summed E-state index contributed by atoms with van der Waals surface area (Å²) in [6.45, 7) is 0. The Balaban J connectivity index is 1.92. The summed E-state index contributed by atoms with van der Waals surface area (Å²) >= 11 is 5.91. The normalized spacial score (nSPS) is 22.6. The summed E-state index contributed by atoms with van der Waals surface area (Å²) < 4.78 is 25.9. The molecule has 0 aliphatic heterocycles. The van der Waals surface area contributed by atoms with Crippen molar-refractivity contribution in [3.63, 3.8) is 0 Å². The molecule has 1 aliphatic carbocycles. The molecule has 20 heavy (non-hydrogen) atoms. The Morgan fingerprint density at radius 3 is 2.70 bits per heavy atom. The van der Waals surface area contributed by atoms with Crippen LogP contribution in [0.15, 0.2) is 18.2 Å². The number of rotatable bonds is 4. The van der Waals surface area contributed by atoms with E-state index in [1.807, 2.05) is 0 Å². The molecule has 1 aromatic rings. The van der Waals surface area contributed by atoms with E-state index in [1.54, 1.807) is 0 Å². The van der Waals surface area contributed by atoms with Gasteiger partial charge in [0, 0.05) is 11.9 Å². The van der Waals surface area contributed by atoms with E-state index < -0.39 is 11.6 Å². The fraction of sp³-hybridized carbons (Fsp3) is 0.533. The molecule has 0 radical (unpaired) electrons. The zero-order valence-corrected chi connectivity index (χ0v) is 11.9. The molecule has 2 nitrogen and oxygen atoms in total. The fourth-order valence-corrected chi connectivity index (χ4v) is 3.04. The van der Waals surface area contributed by atoms with Gasteiger partial charge in [0.15, 0.2) is 11.6 Å². The molecule has 1 aliphatic rings. The number of nitrogens with one attached hydrogen (secondary N) is 1. The largest absolute Gasteiger partial charge is 0.353 e. The second-order valence-electron chi connectivity index (χ2n) is 5.30. The lowest BCUT2D eigenvalue weighted by molar-refractivity contribution is -0.121. The van der Waals surface area contributed by atoms with Gasteiger partial charge in [0.1, 0.15) is 0 Å². The minimum atomic E-state index is -0.924. The van der Waals surface area contributed by atoms with Gasteiger partial charge in [-0.15, -0.1) is 11.6 Å². The molecule has 0 heterocycles. The monoisotopic (exact) mass is 301 g/mol. The van der Waals surface area contributed by atoms with Crippen molar-refractivity contribution in [2.24, 2.45) is 5.92 Å². The van der Waals surface area contributed by atoms with Crippen molar-refractivity contribution in [1.82, 2.24) is 5.32 Å². The molecule has 1 aromatic carbocycles. The van der Waals surface area contributed by atoms with Crippen LogP contribution in [0.25, 0.3) is 0 Å². The lowest BCUT2D eigenvalue weighted by Crippen LogP contribution is -2.43. The van der Waals surface area contributed by atoms with Gasteiger partial charge < -0.3 is 5.32 Å². The first-order valence-corrected chi connectivity index (χ1v) is 7.43. The van der Waals surface area contributed by atoms with E-state index in [0.717, 1.165) is 37.8 Å². The molecule has 1 saturated carbocycles. The third kappa shape index (κ3) is 3.92. The maximum Gasteiger partial charge on any atom is 0.224 e. The quantitative estimate of drug-likeness (QED) is 0.848. The smallest absolute Gasteiger partial charge is 0.224 e. The van der Waals surface area contributed by atoms with Crippen molar-refractivity contribution in [1.29, 1.82) is 0 Å². The predicted molar refractivity (Wildman–Crippen MR) is 74.7 cm³/mol. The summed E-state index contributed by atoms with van der Waals surface area (Å²) in [4.78, 5) is 12.0.